The Hall–Kier alpha value is -1.32. The van der Waals surface area contributed by atoms with E-state index in [4.69, 9.17) is 10.5 Å². The lowest BCUT2D eigenvalue weighted by atomic mass is 10.1. The van der Waals surface area contributed by atoms with Crippen molar-refractivity contribution in [1.29, 1.82) is 0 Å². The Morgan fingerprint density at radius 3 is 2.53 bits per heavy atom. The molecule has 0 unspecified atom stereocenters. The van der Waals surface area contributed by atoms with Gasteiger partial charge in [0.1, 0.15) is 5.75 Å². The number of hydrogen-bond donors (Lipinski definition) is 1. The van der Waals surface area contributed by atoms with Crippen LogP contribution in [-0.4, -0.2) is 7.11 Å². The fraction of sp³-hybridized carbons (Fsp3) is 0.167. The van der Waals surface area contributed by atoms with Crippen LogP contribution in [0.3, 0.4) is 0 Å². The van der Waals surface area contributed by atoms with Gasteiger partial charge < -0.3 is 10.5 Å². The van der Waals surface area contributed by atoms with Crippen molar-refractivity contribution >= 4 is 11.3 Å². The second kappa shape index (κ2) is 4.47. The summed E-state index contributed by atoms with van der Waals surface area (Å²) in [6.07, 6.45) is 0. The van der Waals surface area contributed by atoms with Crippen molar-refractivity contribution in [3.05, 3.63) is 40.6 Å². The van der Waals surface area contributed by atoms with E-state index in [-0.39, 0.29) is 0 Å². The van der Waals surface area contributed by atoms with Crippen molar-refractivity contribution in [2.75, 3.05) is 7.11 Å². The number of rotatable bonds is 3. The molecule has 15 heavy (non-hydrogen) atoms. The maximum atomic E-state index is 5.67. The molecule has 0 amide bonds. The normalized spacial score (nSPS) is 10.3. The summed E-state index contributed by atoms with van der Waals surface area (Å²) in [5.41, 5.74) is 8.09. The summed E-state index contributed by atoms with van der Waals surface area (Å²) < 4.78 is 5.12. The first kappa shape index (κ1) is 10.2. The SMILES string of the molecule is COc1ccc(-c2ccsc2CN)cc1. The highest BCUT2D eigenvalue weighted by molar-refractivity contribution is 7.10. The first-order valence-corrected chi connectivity index (χ1v) is 5.64. The number of thiophene rings is 1. The van der Waals surface area contributed by atoms with Gasteiger partial charge in [0.05, 0.1) is 7.11 Å². The van der Waals surface area contributed by atoms with Crippen LogP contribution in [-0.2, 0) is 6.54 Å². The number of benzene rings is 1. The lowest BCUT2D eigenvalue weighted by molar-refractivity contribution is 0.415. The Morgan fingerprint density at radius 2 is 1.93 bits per heavy atom. The van der Waals surface area contributed by atoms with E-state index in [2.05, 4.69) is 23.6 Å². The molecule has 78 valence electrons. The Labute approximate surface area is 93.3 Å². The second-order valence-electron chi connectivity index (χ2n) is 3.19. The third kappa shape index (κ3) is 2.03. The first-order valence-electron chi connectivity index (χ1n) is 4.76. The molecule has 2 rings (SSSR count). The standard InChI is InChI=1S/C12H13NOS/c1-14-10-4-2-9(3-5-10)11-6-7-15-12(11)8-13/h2-7H,8,13H2,1H3. The molecule has 1 aromatic heterocycles. The van der Waals surface area contributed by atoms with Gasteiger partial charge in [0.2, 0.25) is 0 Å². The van der Waals surface area contributed by atoms with Crippen LogP contribution in [0.5, 0.6) is 5.75 Å². The van der Waals surface area contributed by atoms with E-state index in [0.717, 1.165) is 5.75 Å². The Morgan fingerprint density at radius 1 is 1.20 bits per heavy atom. The maximum Gasteiger partial charge on any atom is 0.118 e. The van der Waals surface area contributed by atoms with Crippen molar-refractivity contribution < 1.29 is 4.74 Å². The zero-order valence-corrected chi connectivity index (χ0v) is 9.38. The van der Waals surface area contributed by atoms with Gasteiger partial charge in [-0.3, -0.25) is 0 Å². The van der Waals surface area contributed by atoms with Crippen molar-refractivity contribution in [2.45, 2.75) is 6.54 Å². The van der Waals surface area contributed by atoms with E-state index in [1.165, 1.54) is 16.0 Å². The summed E-state index contributed by atoms with van der Waals surface area (Å²) in [5, 5.41) is 2.07. The summed E-state index contributed by atoms with van der Waals surface area (Å²) in [6, 6.07) is 10.1. The smallest absolute Gasteiger partial charge is 0.118 e. The fourth-order valence-corrected chi connectivity index (χ4v) is 2.30. The summed E-state index contributed by atoms with van der Waals surface area (Å²) in [7, 11) is 1.67. The zero-order chi connectivity index (χ0) is 10.7. The lowest BCUT2D eigenvalue weighted by Gasteiger charge is -2.03. The molecular formula is C12H13NOS. The molecule has 1 aromatic carbocycles. The van der Waals surface area contributed by atoms with E-state index in [1.807, 2.05) is 12.1 Å². The summed E-state index contributed by atoms with van der Waals surface area (Å²) in [4.78, 5) is 1.22. The van der Waals surface area contributed by atoms with Gasteiger partial charge in [-0.15, -0.1) is 11.3 Å². The molecule has 0 aliphatic heterocycles. The molecule has 0 saturated heterocycles. The third-order valence-electron chi connectivity index (χ3n) is 2.33. The minimum atomic E-state index is 0.596. The molecule has 2 nitrogen and oxygen atoms in total. The average Bonchev–Trinajstić information content (AvgIpc) is 2.77. The largest absolute Gasteiger partial charge is 0.497 e. The van der Waals surface area contributed by atoms with E-state index in [0.29, 0.717) is 6.54 Å². The predicted molar refractivity (Wildman–Crippen MR) is 64.2 cm³/mol. The number of ether oxygens (including phenoxy) is 1. The lowest BCUT2D eigenvalue weighted by Crippen LogP contribution is -1.94. The Kier molecular flexibility index (Phi) is 3.04. The van der Waals surface area contributed by atoms with Gasteiger partial charge in [0, 0.05) is 11.4 Å². The van der Waals surface area contributed by atoms with Crippen molar-refractivity contribution in [3.63, 3.8) is 0 Å². The maximum absolute atomic E-state index is 5.67. The topological polar surface area (TPSA) is 35.2 Å². The highest BCUT2D eigenvalue weighted by Gasteiger charge is 2.04. The molecule has 0 bridgehead atoms. The molecule has 2 aromatic rings. The van der Waals surface area contributed by atoms with Crippen LogP contribution < -0.4 is 10.5 Å². The molecule has 0 atom stereocenters. The molecule has 0 saturated carbocycles. The molecule has 2 N–H and O–H groups in total. The van der Waals surface area contributed by atoms with Crippen LogP contribution in [0.1, 0.15) is 4.88 Å². The number of nitrogens with two attached hydrogens (primary N) is 1. The molecule has 0 fully saturated rings. The third-order valence-corrected chi connectivity index (χ3v) is 3.28. The number of hydrogen-bond acceptors (Lipinski definition) is 3. The van der Waals surface area contributed by atoms with Crippen LogP contribution in [0.15, 0.2) is 35.7 Å². The zero-order valence-electron chi connectivity index (χ0n) is 8.57. The summed E-state index contributed by atoms with van der Waals surface area (Å²) in [5.74, 6) is 0.878. The van der Waals surface area contributed by atoms with Gasteiger partial charge in [-0.1, -0.05) is 12.1 Å². The van der Waals surface area contributed by atoms with E-state index in [9.17, 15) is 0 Å². The Balaban J connectivity index is 2.37. The van der Waals surface area contributed by atoms with Crippen LogP contribution in [0.2, 0.25) is 0 Å². The predicted octanol–water partition coefficient (Wildman–Crippen LogP) is 2.88. The monoisotopic (exact) mass is 219 g/mol. The molecule has 3 heteroatoms. The van der Waals surface area contributed by atoms with E-state index < -0.39 is 0 Å². The van der Waals surface area contributed by atoms with Crippen molar-refractivity contribution in [1.82, 2.24) is 0 Å². The quantitative estimate of drug-likeness (QED) is 0.861. The van der Waals surface area contributed by atoms with E-state index in [1.54, 1.807) is 18.4 Å². The average molecular weight is 219 g/mol. The fourth-order valence-electron chi connectivity index (χ4n) is 1.53. The highest BCUT2D eigenvalue weighted by atomic mass is 32.1. The van der Waals surface area contributed by atoms with E-state index >= 15 is 0 Å². The molecule has 0 radical (unpaired) electrons. The van der Waals surface area contributed by atoms with Crippen molar-refractivity contribution in [3.8, 4) is 16.9 Å². The second-order valence-corrected chi connectivity index (χ2v) is 4.19. The molecule has 1 heterocycles. The molecule has 0 spiro atoms. The van der Waals surface area contributed by atoms with Crippen molar-refractivity contribution in [2.24, 2.45) is 5.73 Å². The van der Waals surface area contributed by atoms with Crippen LogP contribution >= 0.6 is 11.3 Å². The van der Waals surface area contributed by atoms with Gasteiger partial charge in [-0.05, 0) is 34.7 Å². The van der Waals surface area contributed by atoms with Crippen LogP contribution in [0.4, 0.5) is 0 Å². The molecular weight excluding hydrogens is 206 g/mol. The minimum absolute atomic E-state index is 0.596. The first-order chi connectivity index (χ1) is 7.35. The van der Waals surface area contributed by atoms with Gasteiger partial charge in [0.15, 0.2) is 0 Å². The Bertz CT molecular complexity index is 433. The molecule has 0 aliphatic rings. The summed E-state index contributed by atoms with van der Waals surface area (Å²) >= 11 is 1.70. The van der Waals surface area contributed by atoms with Gasteiger partial charge in [0.25, 0.3) is 0 Å². The van der Waals surface area contributed by atoms with Gasteiger partial charge in [-0.25, -0.2) is 0 Å². The number of methoxy groups -OCH3 is 1. The molecule has 0 aliphatic carbocycles. The minimum Gasteiger partial charge on any atom is -0.497 e. The highest BCUT2D eigenvalue weighted by Crippen LogP contribution is 2.29. The summed E-state index contributed by atoms with van der Waals surface area (Å²) in [6.45, 7) is 0.596. The van der Waals surface area contributed by atoms with Crippen LogP contribution in [0.25, 0.3) is 11.1 Å². The van der Waals surface area contributed by atoms with Gasteiger partial charge in [-0.2, -0.15) is 0 Å². The van der Waals surface area contributed by atoms with Crippen LogP contribution in [0, 0.1) is 0 Å². The van der Waals surface area contributed by atoms with Gasteiger partial charge >= 0.3 is 0 Å².